The van der Waals surface area contributed by atoms with E-state index in [4.69, 9.17) is 11.6 Å². The zero-order chi connectivity index (χ0) is 17.0. The predicted molar refractivity (Wildman–Crippen MR) is 70.4 cm³/mol. The van der Waals surface area contributed by atoms with Crippen molar-refractivity contribution in [2.24, 2.45) is 29.1 Å². The number of carboxylic acids is 4. The summed E-state index contributed by atoms with van der Waals surface area (Å²) in [6, 6.07) is 0. The second-order valence-corrected chi connectivity index (χ2v) is 6.78. The average molecular weight is 335 g/mol. The van der Waals surface area contributed by atoms with Crippen LogP contribution in [0.15, 0.2) is 0 Å². The Kier molecular flexibility index (Phi) is 3.64. The maximum absolute atomic E-state index is 11.5. The molecule has 0 aromatic heterocycles. The highest BCUT2D eigenvalue weighted by Crippen LogP contribution is 2.69. The van der Waals surface area contributed by atoms with Crippen LogP contribution in [-0.2, 0) is 19.2 Å². The molecule has 0 aromatic carbocycles. The Balaban J connectivity index is 2.48. The van der Waals surface area contributed by atoms with Crippen LogP contribution in [0.4, 0.5) is 0 Å². The lowest BCUT2D eigenvalue weighted by Crippen LogP contribution is -2.74. The van der Waals surface area contributed by atoms with Crippen LogP contribution in [0, 0.1) is 29.1 Å². The van der Waals surface area contributed by atoms with Gasteiger partial charge in [-0.25, -0.2) is 0 Å². The van der Waals surface area contributed by atoms with E-state index in [1.807, 2.05) is 0 Å². The Bertz CT molecular complexity index is 574. The average Bonchev–Trinajstić information content (AvgIpc) is 2.38. The maximum Gasteiger partial charge on any atom is 0.326 e. The zero-order valence-corrected chi connectivity index (χ0v) is 12.3. The molecule has 6 unspecified atom stereocenters. The van der Waals surface area contributed by atoms with E-state index in [-0.39, 0.29) is 12.8 Å². The largest absolute Gasteiger partial charge is 0.481 e. The summed E-state index contributed by atoms with van der Waals surface area (Å²) >= 11 is 6.09. The summed E-state index contributed by atoms with van der Waals surface area (Å²) in [7, 11) is 0. The molecule has 2 saturated carbocycles. The molecular formula is C13H15ClO8. The summed E-state index contributed by atoms with van der Waals surface area (Å²) < 4.78 is 0. The van der Waals surface area contributed by atoms with E-state index in [9.17, 15) is 39.6 Å². The molecule has 22 heavy (non-hydrogen) atoms. The van der Waals surface area contributed by atoms with Gasteiger partial charge in [-0.1, -0.05) is 6.92 Å². The summed E-state index contributed by atoms with van der Waals surface area (Å²) in [4.78, 5) is 43.3. The number of fused-ring (bicyclic) bond motifs is 1. The van der Waals surface area contributed by atoms with Gasteiger partial charge in [0, 0.05) is 5.41 Å². The fourth-order valence-electron chi connectivity index (χ4n) is 4.16. The molecule has 6 atom stereocenters. The third kappa shape index (κ3) is 1.83. The molecule has 0 radical (unpaired) electrons. The smallest absolute Gasteiger partial charge is 0.326 e. The fraction of sp³-hybridized carbons (Fsp3) is 0.692. The molecule has 0 heterocycles. The summed E-state index contributed by atoms with van der Waals surface area (Å²) in [5.74, 6) is -10.4. The Morgan fingerprint density at radius 2 is 1.45 bits per heavy atom. The Morgan fingerprint density at radius 1 is 0.955 bits per heavy atom. The first-order valence-electron chi connectivity index (χ1n) is 6.59. The number of halogens is 1. The van der Waals surface area contributed by atoms with Crippen LogP contribution in [0.2, 0.25) is 0 Å². The van der Waals surface area contributed by atoms with Gasteiger partial charge in [0.1, 0.15) is 0 Å². The minimum absolute atomic E-state index is 0.221. The molecule has 4 N–H and O–H groups in total. The molecule has 0 bridgehead atoms. The van der Waals surface area contributed by atoms with Crippen molar-refractivity contribution in [1.82, 2.24) is 0 Å². The molecule has 2 aliphatic carbocycles. The van der Waals surface area contributed by atoms with Crippen molar-refractivity contribution < 1.29 is 39.6 Å². The quantitative estimate of drug-likeness (QED) is 0.545. The van der Waals surface area contributed by atoms with E-state index in [0.29, 0.717) is 0 Å². The number of carboxylic acid groups (broad SMARTS) is 4. The fourth-order valence-corrected chi connectivity index (χ4v) is 4.62. The minimum atomic E-state index is -2.14. The molecule has 2 rings (SSSR count). The van der Waals surface area contributed by atoms with Crippen LogP contribution in [-0.4, -0.2) is 49.2 Å². The van der Waals surface area contributed by atoms with Gasteiger partial charge in [-0.2, -0.15) is 0 Å². The summed E-state index contributed by atoms with van der Waals surface area (Å²) in [6.45, 7) is 1.42. The number of aliphatic carboxylic acids is 4. The lowest BCUT2D eigenvalue weighted by atomic mass is 9.40. The van der Waals surface area contributed by atoms with Gasteiger partial charge in [-0.05, 0) is 18.8 Å². The van der Waals surface area contributed by atoms with Crippen molar-refractivity contribution in [3.8, 4) is 0 Å². The van der Waals surface area contributed by atoms with E-state index < -0.39 is 57.8 Å². The number of carbonyl (C=O) groups is 4. The number of hydrogen-bond acceptors (Lipinski definition) is 4. The van der Waals surface area contributed by atoms with Gasteiger partial charge in [0.15, 0.2) is 4.87 Å². The van der Waals surface area contributed by atoms with Crippen LogP contribution in [0.1, 0.15) is 19.8 Å². The molecule has 2 aliphatic rings. The van der Waals surface area contributed by atoms with Crippen molar-refractivity contribution in [1.29, 1.82) is 0 Å². The lowest BCUT2D eigenvalue weighted by Gasteiger charge is -2.65. The van der Waals surface area contributed by atoms with Crippen molar-refractivity contribution in [3.63, 3.8) is 0 Å². The molecule has 0 amide bonds. The monoisotopic (exact) mass is 334 g/mol. The first-order valence-corrected chi connectivity index (χ1v) is 6.97. The van der Waals surface area contributed by atoms with Gasteiger partial charge < -0.3 is 20.4 Å². The van der Waals surface area contributed by atoms with E-state index in [0.717, 1.165) is 0 Å². The van der Waals surface area contributed by atoms with E-state index >= 15 is 0 Å². The second kappa shape index (κ2) is 4.84. The second-order valence-electron chi connectivity index (χ2n) is 6.19. The van der Waals surface area contributed by atoms with Gasteiger partial charge in [-0.15, -0.1) is 11.6 Å². The standard InChI is InChI=1S/C13H15ClO8/c1-12-3-5(9(17)18)4(8(15)16)2-6(12)7(10(19)20)13(12,14)11(21)22/h4-7H,2-3H2,1H3,(H,15,16)(H,17,18)(H,19,20)(H,21,22). The highest BCUT2D eigenvalue weighted by Gasteiger charge is 2.77. The van der Waals surface area contributed by atoms with Crippen molar-refractivity contribution >= 4 is 35.5 Å². The van der Waals surface area contributed by atoms with Crippen LogP contribution >= 0.6 is 11.6 Å². The number of hydrogen-bond donors (Lipinski definition) is 4. The summed E-state index contributed by atoms with van der Waals surface area (Å²) in [5.41, 5.74) is -1.29. The van der Waals surface area contributed by atoms with Crippen LogP contribution in [0.3, 0.4) is 0 Å². The summed E-state index contributed by atoms with van der Waals surface area (Å²) in [6.07, 6.45) is -0.509. The van der Waals surface area contributed by atoms with E-state index in [1.165, 1.54) is 6.92 Å². The highest BCUT2D eigenvalue weighted by molar-refractivity contribution is 6.37. The van der Waals surface area contributed by atoms with Gasteiger partial charge in [0.05, 0.1) is 17.8 Å². The van der Waals surface area contributed by atoms with Gasteiger partial charge in [-0.3, -0.25) is 19.2 Å². The Morgan fingerprint density at radius 3 is 1.82 bits per heavy atom. The molecule has 0 saturated heterocycles. The third-order valence-electron chi connectivity index (χ3n) is 5.33. The normalized spacial score (nSPS) is 43.5. The van der Waals surface area contributed by atoms with Crippen molar-refractivity contribution in [2.75, 3.05) is 0 Å². The first kappa shape index (κ1) is 16.5. The molecule has 8 nitrogen and oxygen atoms in total. The van der Waals surface area contributed by atoms with Crippen LogP contribution < -0.4 is 0 Å². The third-order valence-corrected chi connectivity index (χ3v) is 6.16. The molecule has 122 valence electrons. The maximum atomic E-state index is 11.5. The first-order chi connectivity index (χ1) is 9.98. The SMILES string of the molecule is CC12CC(C(=O)O)C(C(=O)O)CC1C(C(=O)O)C2(Cl)C(=O)O. The number of rotatable bonds is 4. The molecule has 2 fully saturated rings. The predicted octanol–water partition coefficient (Wildman–Crippen LogP) is 0.581. The van der Waals surface area contributed by atoms with Gasteiger partial charge in [0.2, 0.25) is 0 Å². The van der Waals surface area contributed by atoms with Crippen LogP contribution in [0.25, 0.3) is 0 Å². The van der Waals surface area contributed by atoms with Gasteiger partial charge >= 0.3 is 23.9 Å². The molecule has 0 spiro atoms. The van der Waals surface area contributed by atoms with Crippen LogP contribution in [0.5, 0.6) is 0 Å². The van der Waals surface area contributed by atoms with Crippen molar-refractivity contribution in [3.05, 3.63) is 0 Å². The van der Waals surface area contributed by atoms with Crippen molar-refractivity contribution in [2.45, 2.75) is 24.6 Å². The van der Waals surface area contributed by atoms with E-state index in [2.05, 4.69) is 0 Å². The molecule has 0 aliphatic heterocycles. The Hall–Kier alpha value is -1.83. The molecule has 9 heteroatoms. The zero-order valence-electron chi connectivity index (χ0n) is 11.5. The minimum Gasteiger partial charge on any atom is -0.481 e. The molecule has 0 aromatic rings. The lowest BCUT2D eigenvalue weighted by molar-refractivity contribution is -0.203. The number of alkyl halides is 1. The summed E-state index contributed by atoms with van der Waals surface area (Å²) in [5, 5.41) is 37.0. The topological polar surface area (TPSA) is 149 Å². The highest BCUT2D eigenvalue weighted by atomic mass is 35.5. The van der Waals surface area contributed by atoms with E-state index in [1.54, 1.807) is 0 Å². The van der Waals surface area contributed by atoms with Gasteiger partial charge in [0.25, 0.3) is 0 Å². The Labute approximate surface area is 129 Å². The molecular weight excluding hydrogens is 320 g/mol.